The van der Waals surface area contributed by atoms with Gasteiger partial charge in [0.1, 0.15) is 5.82 Å². The molecule has 0 saturated carbocycles. The van der Waals surface area contributed by atoms with E-state index in [0.717, 1.165) is 12.4 Å². The third-order valence-corrected chi connectivity index (χ3v) is 3.00. The van der Waals surface area contributed by atoms with Gasteiger partial charge in [0.05, 0.1) is 6.61 Å². The summed E-state index contributed by atoms with van der Waals surface area (Å²) in [6.45, 7) is 11.2. The Morgan fingerprint density at radius 3 is 2.53 bits per heavy atom. The summed E-state index contributed by atoms with van der Waals surface area (Å²) in [5, 5.41) is 7.83. The van der Waals surface area contributed by atoms with Crippen molar-refractivity contribution in [2.75, 3.05) is 6.61 Å². The number of esters is 1. The minimum Gasteiger partial charge on any atom is -0.460 e. The quantitative estimate of drug-likeness (QED) is 0.738. The fraction of sp³-hybridized carbons (Fsp3) is 0.750. The van der Waals surface area contributed by atoms with E-state index < -0.39 is 5.97 Å². The number of hydrogen-bond acceptors (Lipinski definition) is 4. The topological polar surface area (TPSA) is 57.0 Å². The average molecular weight is 239 g/mol. The summed E-state index contributed by atoms with van der Waals surface area (Å²) >= 11 is 0. The molecule has 0 spiro atoms. The molecule has 96 valence electrons. The number of ether oxygens (including phenoxy) is 1. The average Bonchev–Trinajstić information content (AvgIpc) is 2.61. The van der Waals surface area contributed by atoms with Gasteiger partial charge in [-0.2, -0.15) is 0 Å². The van der Waals surface area contributed by atoms with Crippen molar-refractivity contribution in [3.63, 3.8) is 0 Å². The SMILES string of the molecule is CCOC(=O)c1nnc(C)n1CC(C)C(C)C. The van der Waals surface area contributed by atoms with E-state index in [1.54, 1.807) is 6.92 Å². The number of rotatable bonds is 5. The molecule has 5 heteroatoms. The monoisotopic (exact) mass is 239 g/mol. The van der Waals surface area contributed by atoms with Gasteiger partial charge in [0.25, 0.3) is 0 Å². The van der Waals surface area contributed by atoms with Gasteiger partial charge in [0.2, 0.25) is 5.82 Å². The lowest BCUT2D eigenvalue weighted by atomic mass is 9.98. The van der Waals surface area contributed by atoms with Crippen molar-refractivity contribution >= 4 is 5.97 Å². The Morgan fingerprint density at radius 2 is 2.00 bits per heavy atom. The fourth-order valence-corrected chi connectivity index (χ4v) is 1.44. The second-order valence-corrected chi connectivity index (χ2v) is 4.62. The van der Waals surface area contributed by atoms with Gasteiger partial charge in [-0.3, -0.25) is 0 Å². The van der Waals surface area contributed by atoms with Gasteiger partial charge in [0, 0.05) is 6.54 Å². The second-order valence-electron chi connectivity index (χ2n) is 4.62. The van der Waals surface area contributed by atoms with Crippen LogP contribution in [0.5, 0.6) is 0 Å². The van der Waals surface area contributed by atoms with Crippen LogP contribution in [0.3, 0.4) is 0 Å². The zero-order valence-corrected chi connectivity index (χ0v) is 11.2. The molecule has 0 aliphatic heterocycles. The zero-order chi connectivity index (χ0) is 13.0. The molecule has 0 fully saturated rings. The van der Waals surface area contributed by atoms with Crippen LogP contribution < -0.4 is 0 Å². The molecule has 5 nitrogen and oxygen atoms in total. The second kappa shape index (κ2) is 5.80. The smallest absolute Gasteiger partial charge is 0.376 e. The summed E-state index contributed by atoms with van der Waals surface area (Å²) in [6.07, 6.45) is 0. The first-order valence-corrected chi connectivity index (χ1v) is 6.04. The minimum absolute atomic E-state index is 0.303. The lowest BCUT2D eigenvalue weighted by Gasteiger charge is -2.17. The van der Waals surface area contributed by atoms with E-state index in [-0.39, 0.29) is 0 Å². The number of nitrogens with zero attached hydrogens (tertiary/aromatic N) is 3. The van der Waals surface area contributed by atoms with E-state index in [4.69, 9.17) is 4.74 Å². The number of hydrogen-bond donors (Lipinski definition) is 0. The molecule has 1 atom stereocenters. The molecular weight excluding hydrogens is 218 g/mol. The van der Waals surface area contributed by atoms with Crippen molar-refractivity contribution in [2.24, 2.45) is 11.8 Å². The Kier molecular flexibility index (Phi) is 4.66. The highest BCUT2D eigenvalue weighted by Gasteiger charge is 2.20. The van der Waals surface area contributed by atoms with E-state index in [2.05, 4.69) is 31.0 Å². The normalized spacial score (nSPS) is 12.8. The molecule has 0 radical (unpaired) electrons. The van der Waals surface area contributed by atoms with Crippen LogP contribution in [0.4, 0.5) is 0 Å². The van der Waals surface area contributed by atoms with Crippen LogP contribution >= 0.6 is 0 Å². The fourth-order valence-electron chi connectivity index (χ4n) is 1.44. The maximum absolute atomic E-state index is 11.7. The molecule has 1 unspecified atom stereocenters. The highest BCUT2D eigenvalue weighted by atomic mass is 16.5. The van der Waals surface area contributed by atoms with Crippen LogP contribution in [-0.2, 0) is 11.3 Å². The molecule has 1 heterocycles. The van der Waals surface area contributed by atoms with Gasteiger partial charge >= 0.3 is 5.97 Å². The van der Waals surface area contributed by atoms with Gasteiger partial charge in [-0.1, -0.05) is 20.8 Å². The van der Waals surface area contributed by atoms with E-state index in [1.807, 2.05) is 11.5 Å². The van der Waals surface area contributed by atoms with Crippen molar-refractivity contribution in [1.29, 1.82) is 0 Å². The van der Waals surface area contributed by atoms with Crippen LogP contribution in [0.15, 0.2) is 0 Å². The van der Waals surface area contributed by atoms with Gasteiger partial charge in [-0.15, -0.1) is 10.2 Å². The number of carbonyl (C=O) groups excluding carboxylic acids is 1. The molecule has 0 saturated heterocycles. The van der Waals surface area contributed by atoms with Crippen LogP contribution in [-0.4, -0.2) is 27.3 Å². The molecule has 0 amide bonds. The summed E-state index contributed by atoms with van der Waals surface area (Å²) in [5.41, 5.74) is 0. The zero-order valence-electron chi connectivity index (χ0n) is 11.2. The highest BCUT2D eigenvalue weighted by molar-refractivity contribution is 5.85. The van der Waals surface area contributed by atoms with Gasteiger partial charge in [-0.25, -0.2) is 4.79 Å². The Balaban J connectivity index is 2.90. The Hall–Kier alpha value is -1.39. The molecule has 17 heavy (non-hydrogen) atoms. The van der Waals surface area contributed by atoms with Crippen molar-refractivity contribution < 1.29 is 9.53 Å². The Labute approximate surface area is 102 Å². The van der Waals surface area contributed by atoms with Crippen molar-refractivity contribution in [1.82, 2.24) is 14.8 Å². The molecule has 1 aromatic rings. The lowest BCUT2D eigenvalue weighted by Crippen LogP contribution is -2.20. The van der Waals surface area contributed by atoms with Gasteiger partial charge in [-0.05, 0) is 25.7 Å². The Morgan fingerprint density at radius 1 is 1.35 bits per heavy atom. The maximum Gasteiger partial charge on any atom is 0.376 e. The first-order chi connectivity index (χ1) is 7.97. The third kappa shape index (κ3) is 3.28. The third-order valence-electron chi connectivity index (χ3n) is 3.00. The molecule has 0 aliphatic carbocycles. The summed E-state index contributed by atoms with van der Waals surface area (Å²) in [6, 6.07) is 0. The molecule has 0 aliphatic rings. The molecule has 0 aromatic carbocycles. The van der Waals surface area contributed by atoms with Crippen molar-refractivity contribution in [2.45, 2.75) is 41.2 Å². The number of aromatic nitrogens is 3. The molecule has 0 N–H and O–H groups in total. The standard InChI is InChI=1S/C12H21N3O2/c1-6-17-12(16)11-14-13-10(5)15(11)7-9(4)8(2)3/h8-9H,6-7H2,1-5H3. The predicted octanol–water partition coefficient (Wildman–Crippen LogP) is 2.06. The van der Waals surface area contributed by atoms with E-state index in [0.29, 0.717) is 24.3 Å². The molecular formula is C12H21N3O2. The van der Waals surface area contributed by atoms with E-state index in [9.17, 15) is 4.79 Å². The molecule has 0 bridgehead atoms. The summed E-state index contributed by atoms with van der Waals surface area (Å²) in [7, 11) is 0. The predicted molar refractivity (Wildman–Crippen MR) is 64.7 cm³/mol. The largest absolute Gasteiger partial charge is 0.460 e. The Bertz CT molecular complexity index is 385. The first-order valence-electron chi connectivity index (χ1n) is 6.04. The highest BCUT2D eigenvalue weighted by Crippen LogP contribution is 2.15. The van der Waals surface area contributed by atoms with Crippen molar-refractivity contribution in [3.05, 3.63) is 11.6 Å². The lowest BCUT2D eigenvalue weighted by molar-refractivity contribution is 0.0503. The van der Waals surface area contributed by atoms with Crippen LogP contribution in [0.1, 0.15) is 44.1 Å². The van der Waals surface area contributed by atoms with E-state index >= 15 is 0 Å². The van der Waals surface area contributed by atoms with Crippen LogP contribution in [0.25, 0.3) is 0 Å². The number of carbonyl (C=O) groups is 1. The maximum atomic E-state index is 11.7. The van der Waals surface area contributed by atoms with E-state index in [1.165, 1.54) is 0 Å². The summed E-state index contributed by atoms with van der Waals surface area (Å²) in [4.78, 5) is 11.7. The van der Waals surface area contributed by atoms with Crippen LogP contribution in [0.2, 0.25) is 0 Å². The van der Waals surface area contributed by atoms with Crippen molar-refractivity contribution in [3.8, 4) is 0 Å². The van der Waals surface area contributed by atoms with Gasteiger partial charge < -0.3 is 9.30 Å². The molecule has 1 aromatic heterocycles. The number of aryl methyl sites for hydroxylation is 1. The summed E-state index contributed by atoms with van der Waals surface area (Å²) < 4.78 is 6.80. The first kappa shape index (κ1) is 13.7. The minimum atomic E-state index is -0.399. The van der Waals surface area contributed by atoms with Crippen LogP contribution in [0, 0.1) is 18.8 Å². The van der Waals surface area contributed by atoms with Gasteiger partial charge in [0.15, 0.2) is 0 Å². The molecule has 1 rings (SSSR count). The summed E-state index contributed by atoms with van der Waals surface area (Å²) in [5.74, 6) is 1.66.